The van der Waals surface area contributed by atoms with Crippen LogP contribution in [0.3, 0.4) is 0 Å². The second kappa shape index (κ2) is 7.05. The third-order valence-corrected chi connectivity index (χ3v) is 5.13. The molecule has 24 heavy (non-hydrogen) atoms. The van der Waals surface area contributed by atoms with Crippen LogP contribution in [0.25, 0.3) is 0 Å². The Morgan fingerprint density at radius 2 is 1.58 bits per heavy atom. The van der Waals surface area contributed by atoms with E-state index in [0.29, 0.717) is 12.1 Å². The summed E-state index contributed by atoms with van der Waals surface area (Å²) in [5, 5.41) is 10.5. The summed E-state index contributed by atoms with van der Waals surface area (Å²) in [5.74, 6) is -1.13. The van der Waals surface area contributed by atoms with Gasteiger partial charge in [0.1, 0.15) is 0 Å². The lowest BCUT2D eigenvalue weighted by Gasteiger charge is -2.14. The van der Waals surface area contributed by atoms with Gasteiger partial charge in [0.2, 0.25) is 0 Å². The minimum Gasteiger partial charge on any atom is -0.550 e. The number of hydrogen-bond acceptors (Lipinski definition) is 4. The molecule has 0 saturated heterocycles. The average molecular weight is 346 g/mol. The van der Waals surface area contributed by atoms with Crippen LogP contribution in [0, 0.1) is 20.8 Å². The number of carboxylic acid groups (broad SMARTS) is 1. The van der Waals surface area contributed by atoms with Crippen molar-refractivity contribution in [3.63, 3.8) is 0 Å². The minimum atomic E-state index is -3.70. The van der Waals surface area contributed by atoms with Crippen molar-refractivity contribution in [2.75, 3.05) is 4.72 Å². The highest BCUT2D eigenvalue weighted by Gasteiger charge is 2.16. The van der Waals surface area contributed by atoms with E-state index in [-0.39, 0.29) is 11.3 Å². The van der Waals surface area contributed by atoms with Gasteiger partial charge in [0.25, 0.3) is 10.0 Å². The monoisotopic (exact) mass is 346 g/mol. The van der Waals surface area contributed by atoms with Crippen molar-refractivity contribution in [2.24, 2.45) is 0 Å². The van der Waals surface area contributed by atoms with Crippen LogP contribution in [-0.4, -0.2) is 14.4 Å². The molecule has 0 aliphatic rings. The molecule has 0 aromatic heterocycles. The smallest absolute Gasteiger partial charge is 0.261 e. The maximum Gasteiger partial charge on any atom is 0.261 e. The highest BCUT2D eigenvalue weighted by atomic mass is 32.2. The zero-order valence-corrected chi connectivity index (χ0v) is 14.7. The largest absolute Gasteiger partial charge is 0.550 e. The van der Waals surface area contributed by atoms with E-state index in [4.69, 9.17) is 0 Å². The topological polar surface area (TPSA) is 86.3 Å². The van der Waals surface area contributed by atoms with Gasteiger partial charge in [-0.05, 0) is 62.4 Å². The van der Waals surface area contributed by atoms with Gasteiger partial charge in [-0.25, -0.2) is 8.42 Å². The first kappa shape index (κ1) is 18.0. The molecule has 128 valence electrons. The summed E-state index contributed by atoms with van der Waals surface area (Å²) < 4.78 is 27.7. The summed E-state index contributed by atoms with van der Waals surface area (Å²) in [6.07, 6.45) is 0.221. The van der Waals surface area contributed by atoms with E-state index in [2.05, 4.69) is 4.72 Å². The van der Waals surface area contributed by atoms with Gasteiger partial charge in [-0.3, -0.25) is 4.72 Å². The zero-order valence-electron chi connectivity index (χ0n) is 13.9. The number of sulfonamides is 1. The Kier molecular flexibility index (Phi) is 5.29. The van der Waals surface area contributed by atoms with Crippen LogP contribution in [-0.2, 0) is 21.2 Å². The number of benzene rings is 2. The molecule has 0 unspecified atom stereocenters. The predicted octanol–water partition coefficient (Wildman–Crippen LogP) is 2.10. The summed E-state index contributed by atoms with van der Waals surface area (Å²) in [6, 6.07) is 10.0. The number of carbonyl (C=O) groups excluding carboxylic acids is 1. The first-order valence-corrected chi connectivity index (χ1v) is 9.07. The number of hydrogen-bond donors (Lipinski definition) is 1. The molecule has 0 spiro atoms. The van der Waals surface area contributed by atoms with Crippen LogP contribution in [0.15, 0.2) is 41.3 Å². The summed E-state index contributed by atoms with van der Waals surface area (Å²) in [7, 11) is -3.70. The predicted molar refractivity (Wildman–Crippen MR) is 91.2 cm³/mol. The quantitative estimate of drug-likeness (QED) is 0.868. The molecule has 0 heterocycles. The normalized spacial score (nSPS) is 11.3. The summed E-state index contributed by atoms with van der Waals surface area (Å²) in [5.41, 5.74) is 4.14. The maximum atomic E-state index is 12.6. The number of aryl methyl sites for hydroxylation is 4. The molecule has 1 N–H and O–H groups in total. The van der Waals surface area contributed by atoms with Crippen LogP contribution in [0.1, 0.15) is 28.7 Å². The van der Waals surface area contributed by atoms with Crippen LogP contribution in [0.5, 0.6) is 0 Å². The van der Waals surface area contributed by atoms with E-state index in [1.165, 1.54) is 12.1 Å². The molecule has 6 heteroatoms. The first-order valence-electron chi connectivity index (χ1n) is 7.58. The van der Waals surface area contributed by atoms with Gasteiger partial charge in [-0.2, -0.15) is 0 Å². The van der Waals surface area contributed by atoms with Gasteiger partial charge >= 0.3 is 0 Å². The average Bonchev–Trinajstić information content (AvgIpc) is 2.49. The Morgan fingerprint density at radius 1 is 1.04 bits per heavy atom. The number of rotatable bonds is 6. The van der Waals surface area contributed by atoms with Gasteiger partial charge < -0.3 is 9.90 Å². The van der Waals surface area contributed by atoms with Crippen molar-refractivity contribution in [2.45, 2.75) is 38.5 Å². The van der Waals surface area contributed by atoms with E-state index in [1.54, 1.807) is 12.1 Å². The molecule has 0 aliphatic heterocycles. The molecule has 0 aliphatic carbocycles. The van der Waals surface area contributed by atoms with Crippen LogP contribution in [0.2, 0.25) is 0 Å². The van der Waals surface area contributed by atoms with Crippen molar-refractivity contribution < 1.29 is 18.3 Å². The van der Waals surface area contributed by atoms with Gasteiger partial charge in [0.05, 0.1) is 10.6 Å². The molecule has 0 saturated carbocycles. The Balaban J connectivity index is 2.23. The van der Waals surface area contributed by atoms with Crippen LogP contribution in [0.4, 0.5) is 5.69 Å². The molecule has 0 fully saturated rings. The molecule has 0 radical (unpaired) electrons. The molecule has 2 rings (SSSR count). The first-order chi connectivity index (χ1) is 11.2. The number of carboxylic acids is 1. The van der Waals surface area contributed by atoms with E-state index in [1.807, 2.05) is 32.9 Å². The molecule has 0 amide bonds. The Hall–Kier alpha value is -2.34. The van der Waals surface area contributed by atoms with Crippen molar-refractivity contribution in [3.8, 4) is 0 Å². The van der Waals surface area contributed by atoms with Crippen molar-refractivity contribution in [1.29, 1.82) is 0 Å². The number of anilines is 1. The van der Waals surface area contributed by atoms with Gasteiger partial charge in [0.15, 0.2) is 0 Å². The maximum absolute atomic E-state index is 12.6. The van der Waals surface area contributed by atoms with Crippen LogP contribution < -0.4 is 9.83 Å². The van der Waals surface area contributed by atoms with E-state index in [0.717, 1.165) is 22.3 Å². The number of aliphatic carboxylic acids is 1. The summed E-state index contributed by atoms with van der Waals surface area (Å²) in [6.45, 7) is 5.69. The van der Waals surface area contributed by atoms with E-state index < -0.39 is 16.0 Å². The summed E-state index contributed by atoms with van der Waals surface area (Å²) in [4.78, 5) is 10.6. The molecule has 2 aromatic carbocycles. The fourth-order valence-corrected chi connectivity index (χ4v) is 3.82. The third-order valence-electron chi connectivity index (χ3n) is 3.76. The van der Waals surface area contributed by atoms with Gasteiger partial charge in [-0.15, -0.1) is 0 Å². The molecular formula is C18H20NO4S-. The lowest BCUT2D eigenvalue weighted by Crippen LogP contribution is -2.22. The minimum absolute atomic E-state index is 0.0912. The third kappa shape index (κ3) is 4.35. The van der Waals surface area contributed by atoms with Gasteiger partial charge in [0, 0.05) is 5.97 Å². The Morgan fingerprint density at radius 3 is 2.08 bits per heavy atom. The standard InChI is InChI=1S/C18H21NO4S/c1-12-10-13(2)18(14(3)11-12)19-24(22,23)16-7-4-15(5-8-16)6-9-17(20)21/h4-5,7-8,10-11,19H,6,9H2,1-3H3,(H,20,21)/p-1. The lowest BCUT2D eigenvalue weighted by molar-refractivity contribution is -0.305. The van der Waals surface area contributed by atoms with Crippen molar-refractivity contribution in [1.82, 2.24) is 0 Å². The van der Waals surface area contributed by atoms with E-state index in [9.17, 15) is 18.3 Å². The molecule has 0 atom stereocenters. The molecular weight excluding hydrogens is 326 g/mol. The zero-order chi connectivity index (χ0) is 17.9. The summed E-state index contributed by atoms with van der Waals surface area (Å²) >= 11 is 0. The van der Waals surface area contributed by atoms with E-state index >= 15 is 0 Å². The second-order valence-corrected chi connectivity index (χ2v) is 7.58. The fraction of sp³-hybridized carbons (Fsp3) is 0.278. The lowest BCUT2D eigenvalue weighted by atomic mass is 10.1. The second-order valence-electron chi connectivity index (χ2n) is 5.90. The molecule has 0 bridgehead atoms. The van der Waals surface area contributed by atoms with Crippen molar-refractivity contribution >= 4 is 21.7 Å². The molecule has 5 nitrogen and oxygen atoms in total. The van der Waals surface area contributed by atoms with Gasteiger partial charge in [-0.1, -0.05) is 29.8 Å². The fourth-order valence-electron chi connectivity index (χ4n) is 2.62. The highest BCUT2D eigenvalue weighted by molar-refractivity contribution is 7.92. The SMILES string of the molecule is Cc1cc(C)c(NS(=O)(=O)c2ccc(CCC(=O)[O-])cc2)c(C)c1. The van der Waals surface area contributed by atoms with Crippen molar-refractivity contribution in [3.05, 3.63) is 58.7 Å². The number of carbonyl (C=O) groups is 1. The Bertz CT molecular complexity index is 832. The molecule has 2 aromatic rings. The number of nitrogens with one attached hydrogen (secondary N) is 1. The Labute approximate surface area is 142 Å². The highest BCUT2D eigenvalue weighted by Crippen LogP contribution is 2.25. The van der Waals surface area contributed by atoms with Crippen LogP contribution >= 0.6 is 0 Å².